The number of pyridine rings is 1. The Morgan fingerprint density at radius 1 is 1.28 bits per heavy atom. The molecule has 2 heterocycles. The van der Waals surface area contributed by atoms with Crippen LogP contribution in [0.4, 0.5) is 0 Å². The van der Waals surface area contributed by atoms with Crippen LogP contribution in [0.15, 0.2) is 41.1 Å². The van der Waals surface area contributed by atoms with Gasteiger partial charge in [0.2, 0.25) is 0 Å². The Morgan fingerprint density at radius 3 is 2.72 bits per heavy atom. The van der Waals surface area contributed by atoms with Gasteiger partial charge >= 0.3 is 0 Å². The zero-order valence-corrected chi connectivity index (χ0v) is 11.0. The molecular formula is C15H20N2O. The third-order valence-corrected chi connectivity index (χ3v) is 3.04. The number of aromatic nitrogens is 1. The van der Waals surface area contributed by atoms with Gasteiger partial charge in [-0.2, -0.15) is 0 Å². The predicted molar refractivity (Wildman–Crippen MR) is 72.4 cm³/mol. The van der Waals surface area contributed by atoms with E-state index in [-0.39, 0.29) is 6.04 Å². The summed E-state index contributed by atoms with van der Waals surface area (Å²) in [7, 11) is 0. The van der Waals surface area contributed by atoms with Gasteiger partial charge in [-0.05, 0) is 36.7 Å². The number of hydrogen-bond acceptors (Lipinski definition) is 3. The van der Waals surface area contributed by atoms with Crippen LogP contribution in [0, 0.1) is 0 Å². The van der Waals surface area contributed by atoms with Crippen LogP contribution in [0.1, 0.15) is 36.9 Å². The molecule has 18 heavy (non-hydrogen) atoms. The van der Waals surface area contributed by atoms with E-state index in [1.165, 1.54) is 5.56 Å². The van der Waals surface area contributed by atoms with Crippen LogP contribution >= 0.6 is 0 Å². The molecule has 3 heteroatoms. The monoisotopic (exact) mass is 244 g/mol. The molecule has 0 saturated heterocycles. The Labute approximate surface area is 108 Å². The predicted octanol–water partition coefficient (Wildman–Crippen LogP) is 3.13. The lowest BCUT2D eigenvalue weighted by molar-refractivity contribution is 0.414. The first-order valence-electron chi connectivity index (χ1n) is 6.54. The van der Waals surface area contributed by atoms with E-state index in [2.05, 4.69) is 36.3 Å². The molecule has 0 fully saturated rings. The lowest BCUT2D eigenvalue weighted by Gasteiger charge is -2.15. The standard InChI is InChI=1S/C15H20N2O/c1-3-12-7-8-13(17-11-12)10-14(16-4-2)15-6-5-9-18-15/h5-9,11,14,16H,3-4,10H2,1-2H3. The van der Waals surface area contributed by atoms with E-state index in [0.717, 1.165) is 30.8 Å². The molecule has 0 amide bonds. The first-order valence-corrected chi connectivity index (χ1v) is 6.54. The maximum absolute atomic E-state index is 5.48. The van der Waals surface area contributed by atoms with E-state index in [9.17, 15) is 0 Å². The molecule has 0 aromatic carbocycles. The van der Waals surface area contributed by atoms with Crippen molar-refractivity contribution < 1.29 is 4.42 Å². The molecule has 0 bridgehead atoms. The minimum atomic E-state index is 0.199. The van der Waals surface area contributed by atoms with Gasteiger partial charge < -0.3 is 9.73 Å². The minimum absolute atomic E-state index is 0.199. The highest BCUT2D eigenvalue weighted by Gasteiger charge is 2.14. The second kappa shape index (κ2) is 6.36. The van der Waals surface area contributed by atoms with Crippen LogP contribution in [0.2, 0.25) is 0 Å². The van der Waals surface area contributed by atoms with Gasteiger partial charge in [-0.3, -0.25) is 4.98 Å². The fraction of sp³-hybridized carbons (Fsp3) is 0.400. The van der Waals surface area contributed by atoms with Gasteiger partial charge in [0.1, 0.15) is 5.76 Å². The summed E-state index contributed by atoms with van der Waals surface area (Å²) in [4.78, 5) is 4.50. The second-order valence-electron chi connectivity index (χ2n) is 4.34. The van der Waals surface area contributed by atoms with Crippen molar-refractivity contribution in [3.63, 3.8) is 0 Å². The molecule has 0 spiro atoms. The highest BCUT2D eigenvalue weighted by Crippen LogP contribution is 2.18. The molecule has 0 aliphatic rings. The molecule has 0 radical (unpaired) electrons. The molecule has 3 nitrogen and oxygen atoms in total. The molecule has 1 unspecified atom stereocenters. The number of nitrogens with zero attached hydrogens (tertiary/aromatic N) is 1. The molecular weight excluding hydrogens is 224 g/mol. The van der Waals surface area contributed by atoms with E-state index in [1.54, 1.807) is 6.26 Å². The summed E-state index contributed by atoms with van der Waals surface area (Å²) in [5.74, 6) is 0.971. The fourth-order valence-electron chi connectivity index (χ4n) is 2.00. The number of aryl methyl sites for hydroxylation is 1. The van der Waals surface area contributed by atoms with Crippen molar-refractivity contribution in [3.8, 4) is 0 Å². The molecule has 0 aliphatic heterocycles. The third kappa shape index (κ3) is 3.20. The summed E-state index contributed by atoms with van der Waals surface area (Å²) >= 11 is 0. The normalized spacial score (nSPS) is 12.6. The topological polar surface area (TPSA) is 38.1 Å². The maximum atomic E-state index is 5.48. The van der Waals surface area contributed by atoms with Gasteiger partial charge in [-0.15, -0.1) is 0 Å². The summed E-state index contributed by atoms with van der Waals surface area (Å²) in [5.41, 5.74) is 2.37. The van der Waals surface area contributed by atoms with Gasteiger partial charge in [0.15, 0.2) is 0 Å². The first kappa shape index (κ1) is 12.8. The van der Waals surface area contributed by atoms with Gasteiger partial charge in [0.05, 0.1) is 12.3 Å². The SMILES string of the molecule is CCNC(Cc1ccc(CC)cn1)c1ccco1. The zero-order chi connectivity index (χ0) is 12.8. The summed E-state index contributed by atoms with van der Waals surface area (Å²) in [6.07, 6.45) is 5.56. The smallest absolute Gasteiger partial charge is 0.121 e. The number of furan rings is 1. The molecule has 96 valence electrons. The van der Waals surface area contributed by atoms with Crippen molar-refractivity contribution in [1.82, 2.24) is 10.3 Å². The largest absolute Gasteiger partial charge is 0.468 e. The average Bonchev–Trinajstić information content (AvgIpc) is 2.93. The Kier molecular flexibility index (Phi) is 4.53. The molecule has 2 aromatic rings. The number of rotatable bonds is 6. The molecule has 0 aliphatic carbocycles. The van der Waals surface area contributed by atoms with Crippen LogP contribution in [0.25, 0.3) is 0 Å². The summed E-state index contributed by atoms with van der Waals surface area (Å²) < 4.78 is 5.48. The van der Waals surface area contributed by atoms with Crippen LogP contribution in [-0.2, 0) is 12.8 Å². The lowest BCUT2D eigenvalue weighted by Crippen LogP contribution is -2.22. The maximum Gasteiger partial charge on any atom is 0.121 e. The number of nitrogens with one attached hydrogen (secondary N) is 1. The fourth-order valence-corrected chi connectivity index (χ4v) is 2.00. The van der Waals surface area contributed by atoms with Crippen molar-refractivity contribution in [1.29, 1.82) is 0 Å². The van der Waals surface area contributed by atoms with E-state index in [0.29, 0.717) is 0 Å². The number of likely N-dealkylation sites (N-methyl/N-ethyl adjacent to an activating group) is 1. The molecule has 0 saturated carbocycles. The van der Waals surface area contributed by atoms with Crippen LogP contribution in [-0.4, -0.2) is 11.5 Å². The average molecular weight is 244 g/mol. The Morgan fingerprint density at radius 2 is 2.17 bits per heavy atom. The van der Waals surface area contributed by atoms with E-state index in [4.69, 9.17) is 4.42 Å². The molecule has 1 atom stereocenters. The van der Waals surface area contributed by atoms with Crippen LogP contribution in [0.3, 0.4) is 0 Å². The minimum Gasteiger partial charge on any atom is -0.468 e. The summed E-state index contributed by atoms with van der Waals surface area (Å²) in [5, 5.41) is 3.43. The summed E-state index contributed by atoms with van der Waals surface area (Å²) in [6, 6.07) is 8.38. The van der Waals surface area contributed by atoms with Gasteiger partial charge in [-0.1, -0.05) is 19.9 Å². The Hall–Kier alpha value is -1.61. The number of hydrogen-bond donors (Lipinski definition) is 1. The van der Waals surface area contributed by atoms with E-state index < -0.39 is 0 Å². The quantitative estimate of drug-likeness (QED) is 0.848. The second-order valence-corrected chi connectivity index (χ2v) is 4.34. The summed E-state index contributed by atoms with van der Waals surface area (Å²) in [6.45, 7) is 5.16. The van der Waals surface area contributed by atoms with E-state index >= 15 is 0 Å². The zero-order valence-electron chi connectivity index (χ0n) is 11.0. The molecule has 2 aromatic heterocycles. The third-order valence-electron chi connectivity index (χ3n) is 3.04. The Balaban J connectivity index is 2.08. The lowest BCUT2D eigenvalue weighted by atomic mass is 10.1. The van der Waals surface area contributed by atoms with Crippen molar-refractivity contribution >= 4 is 0 Å². The van der Waals surface area contributed by atoms with Gasteiger partial charge in [0.25, 0.3) is 0 Å². The van der Waals surface area contributed by atoms with Gasteiger partial charge in [0, 0.05) is 18.3 Å². The first-order chi connectivity index (χ1) is 8.83. The van der Waals surface area contributed by atoms with Crippen molar-refractivity contribution in [2.75, 3.05) is 6.54 Å². The highest BCUT2D eigenvalue weighted by molar-refractivity contribution is 5.16. The van der Waals surface area contributed by atoms with Crippen molar-refractivity contribution in [2.45, 2.75) is 32.7 Å². The Bertz CT molecular complexity index is 448. The van der Waals surface area contributed by atoms with Crippen LogP contribution < -0.4 is 5.32 Å². The van der Waals surface area contributed by atoms with Gasteiger partial charge in [-0.25, -0.2) is 0 Å². The highest BCUT2D eigenvalue weighted by atomic mass is 16.3. The van der Waals surface area contributed by atoms with Crippen molar-refractivity contribution in [3.05, 3.63) is 53.7 Å². The molecule has 2 rings (SSSR count). The van der Waals surface area contributed by atoms with Crippen LogP contribution in [0.5, 0.6) is 0 Å². The van der Waals surface area contributed by atoms with Crippen molar-refractivity contribution in [2.24, 2.45) is 0 Å². The molecule has 1 N–H and O–H groups in total. The van der Waals surface area contributed by atoms with E-state index in [1.807, 2.05) is 18.3 Å².